The summed E-state index contributed by atoms with van der Waals surface area (Å²) in [6, 6.07) is 6.43. The Bertz CT molecular complexity index is 1140. The minimum atomic E-state index is -0.322. The second-order valence-electron chi connectivity index (χ2n) is 10.8. The summed E-state index contributed by atoms with van der Waals surface area (Å²) in [4.78, 5) is 46.0. The van der Waals surface area contributed by atoms with Gasteiger partial charge in [0.1, 0.15) is 11.6 Å². The van der Waals surface area contributed by atoms with Crippen molar-refractivity contribution in [1.82, 2.24) is 20.1 Å². The summed E-state index contributed by atoms with van der Waals surface area (Å²) in [5.41, 5.74) is 1.78. The third-order valence-electron chi connectivity index (χ3n) is 7.45. The van der Waals surface area contributed by atoms with Crippen molar-refractivity contribution in [3.8, 4) is 0 Å². The van der Waals surface area contributed by atoms with Gasteiger partial charge in [-0.05, 0) is 69.7 Å². The maximum Gasteiger partial charge on any atom is 0.321 e. The van der Waals surface area contributed by atoms with Gasteiger partial charge in [0, 0.05) is 45.1 Å². The van der Waals surface area contributed by atoms with Crippen molar-refractivity contribution in [3.63, 3.8) is 0 Å². The predicted molar refractivity (Wildman–Crippen MR) is 147 cm³/mol. The van der Waals surface area contributed by atoms with Gasteiger partial charge in [0.15, 0.2) is 10.9 Å². The van der Waals surface area contributed by atoms with Crippen LogP contribution in [0.1, 0.15) is 54.0 Å². The number of anilines is 1. The zero-order valence-electron chi connectivity index (χ0n) is 22.5. The van der Waals surface area contributed by atoms with Gasteiger partial charge in [-0.25, -0.2) is 14.2 Å². The fourth-order valence-electron chi connectivity index (χ4n) is 5.79. The van der Waals surface area contributed by atoms with E-state index in [-0.39, 0.29) is 35.4 Å². The molecule has 10 heteroatoms. The van der Waals surface area contributed by atoms with Gasteiger partial charge in [0.05, 0.1) is 17.1 Å². The molecule has 2 fully saturated rings. The third-order valence-corrected chi connectivity index (χ3v) is 8.62. The molecule has 8 nitrogen and oxygen atoms in total. The van der Waals surface area contributed by atoms with Crippen LogP contribution in [0, 0.1) is 24.6 Å². The Kier molecular flexibility index (Phi) is 9.62. The number of nitrogens with zero attached hydrogens (tertiary/aromatic N) is 3. The molecule has 4 rings (SSSR count). The molecule has 0 bridgehead atoms. The molecule has 3 heterocycles. The van der Waals surface area contributed by atoms with Gasteiger partial charge in [-0.2, -0.15) is 0 Å². The summed E-state index contributed by atoms with van der Waals surface area (Å²) in [6.45, 7) is 9.60. The molecule has 0 unspecified atom stereocenters. The molecule has 0 spiro atoms. The number of hydrogen-bond donors (Lipinski definition) is 2. The maximum absolute atomic E-state index is 13.3. The van der Waals surface area contributed by atoms with E-state index in [2.05, 4.69) is 25.4 Å². The number of benzene rings is 1. The van der Waals surface area contributed by atoms with Gasteiger partial charge in [-0.15, -0.1) is 0 Å². The molecular weight excluding hydrogens is 505 g/mol. The van der Waals surface area contributed by atoms with Crippen molar-refractivity contribution < 1.29 is 18.8 Å². The average molecular weight is 544 g/mol. The number of aryl methyl sites for hydroxylation is 1. The van der Waals surface area contributed by atoms with E-state index in [1.165, 1.54) is 30.4 Å². The number of nitrogens with one attached hydrogen (secondary N) is 2. The molecule has 2 aliphatic rings. The number of piperidine rings is 2. The van der Waals surface area contributed by atoms with Crippen LogP contribution in [0.25, 0.3) is 0 Å². The Morgan fingerprint density at radius 3 is 2.53 bits per heavy atom. The van der Waals surface area contributed by atoms with E-state index in [1.807, 2.05) is 12.1 Å². The highest BCUT2D eigenvalue weighted by molar-refractivity contribution is 7.17. The fraction of sp³-hybridized carbons (Fsp3) is 0.571. The van der Waals surface area contributed by atoms with E-state index in [4.69, 9.17) is 0 Å². The Hall–Kier alpha value is -2.69. The smallest absolute Gasteiger partial charge is 0.321 e. The molecule has 206 valence electrons. The van der Waals surface area contributed by atoms with E-state index in [0.29, 0.717) is 28.2 Å². The quantitative estimate of drug-likeness (QED) is 0.462. The molecule has 0 aliphatic carbocycles. The number of hydrogen-bond acceptors (Lipinski definition) is 7. The summed E-state index contributed by atoms with van der Waals surface area (Å²) < 4.78 is 13.3. The molecule has 3 atom stereocenters. The minimum absolute atomic E-state index is 0.0379. The van der Waals surface area contributed by atoms with Gasteiger partial charge < -0.3 is 10.2 Å². The van der Waals surface area contributed by atoms with Crippen LogP contribution in [0.3, 0.4) is 0 Å². The van der Waals surface area contributed by atoms with Crippen molar-refractivity contribution >= 4 is 34.1 Å². The number of aromatic nitrogens is 1. The molecule has 0 radical (unpaired) electrons. The lowest BCUT2D eigenvalue weighted by Crippen LogP contribution is -2.56. The monoisotopic (exact) mass is 543 g/mol. The number of carbonyl (C=O) groups is 3. The van der Waals surface area contributed by atoms with Crippen molar-refractivity contribution in [2.24, 2.45) is 11.8 Å². The summed E-state index contributed by atoms with van der Waals surface area (Å²) in [5.74, 6) is 0.545. The second kappa shape index (κ2) is 12.9. The molecule has 1 aromatic heterocycles. The largest absolute Gasteiger partial charge is 0.335 e. The molecule has 2 aliphatic heterocycles. The Labute approximate surface area is 228 Å². The number of thiazole rings is 1. The standard InChI is InChI=1S/C28H38FN5O3S/c1-18(35)14-34-12-10-25(31-27(37)32-28-30-19(2)26(38-28)20(3)36)23(17-34)16-33-11-4-5-22(15-33)13-21-6-8-24(29)9-7-21/h6-9,22-23,25H,4-5,10-17H2,1-3H3,(H2,30,31,32,37)/t22-,23+,25+/m0/s1. The Morgan fingerprint density at radius 1 is 1.08 bits per heavy atom. The number of Topliss-reactive ketones (excluding diaryl/α,β-unsaturated/α-hetero) is 2. The average Bonchev–Trinajstić information content (AvgIpc) is 3.22. The number of rotatable bonds is 9. The van der Waals surface area contributed by atoms with Gasteiger partial charge >= 0.3 is 6.03 Å². The molecule has 2 amide bonds. The Morgan fingerprint density at radius 2 is 1.84 bits per heavy atom. The predicted octanol–water partition coefficient (Wildman–Crippen LogP) is 4.15. The van der Waals surface area contributed by atoms with E-state index < -0.39 is 0 Å². The topological polar surface area (TPSA) is 94.6 Å². The second-order valence-corrected chi connectivity index (χ2v) is 11.8. The Balaban J connectivity index is 1.38. The number of likely N-dealkylation sites (tertiary alicyclic amines) is 2. The van der Waals surface area contributed by atoms with Gasteiger partial charge in [0.2, 0.25) is 0 Å². The lowest BCUT2D eigenvalue weighted by Gasteiger charge is -2.42. The first-order valence-corrected chi connectivity index (χ1v) is 14.2. The highest BCUT2D eigenvalue weighted by Gasteiger charge is 2.33. The van der Waals surface area contributed by atoms with Crippen LogP contribution < -0.4 is 10.6 Å². The van der Waals surface area contributed by atoms with Crippen LogP contribution in [0.4, 0.5) is 14.3 Å². The molecule has 0 saturated carbocycles. The van der Waals surface area contributed by atoms with Crippen LogP contribution in [0.15, 0.2) is 24.3 Å². The summed E-state index contributed by atoms with van der Waals surface area (Å²) in [6.07, 6.45) is 3.94. The number of ketones is 2. The van der Waals surface area contributed by atoms with E-state index in [0.717, 1.165) is 64.0 Å². The van der Waals surface area contributed by atoms with Crippen LogP contribution in [-0.2, 0) is 11.2 Å². The zero-order chi connectivity index (χ0) is 27.2. The summed E-state index contributed by atoms with van der Waals surface area (Å²) >= 11 is 1.19. The molecular formula is C28H38FN5O3S. The number of halogens is 1. The maximum atomic E-state index is 13.3. The van der Waals surface area contributed by atoms with Crippen molar-refractivity contribution in [2.45, 2.75) is 52.5 Å². The molecule has 1 aromatic carbocycles. The van der Waals surface area contributed by atoms with E-state index in [9.17, 15) is 18.8 Å². The van der Waals surface area contributed by atoms with Crippen molar-refractivity contribution in [1.29, 1.82) is 0 Å². The van der Waals surface area contributed by atoms with Crippen LogP contribution >= 0.6 is 11.3 Å². The lowest BCUT2D eigenvalue weighted by atomic mass is 9.88. The van der Waals surface area contributed by atoms with Crippen LogP contribution in [-0.4, -0.2) is 77.7 Å². The highest BCUT2D eigenvalue weighted by Crippen LogP contribution is 2.26. The minimum Gasteiger partial charge on any atom is -0.335 e. The van der Waals surface area contributed by atoms with E-state index in [1.54, 1.807) is 13.8 Å². The molecule has 2 aromatic rings. The normalized spacial score (nSPS) is 22.7. The number of amides is 2. The van der Waals surface area contributed by atoms with Gasteiger partial charge in [-0.1, -0.05) is 23.5 Å². The molecule has 38 heavy (non-hydrogen) atoms. The SMILES string of the molecule is CC(=O)CN1CC[C@@H](NC(=O)Nc2nc(C)c(C(C)=O)s2)[C@H](CN2CCC[C@@H](Cc3ccc(F)cc3)C2)C1. The first-order chi connectivity index (χ1) is 18.2. The van der Waals surface area contributed by atoms with Gasteiger partial charge in [-0.3, -0.25) is 19.8 Å². The first-order valence-electron chi connectivity index (χ1n) is 13.4. The number of carbonyl (C=O) groups excluding carboxylic acids is 3. The van der Waals surface area contributed by atoms with E-state index >= 15 is 0 Å². The first kappa shape index (κ1) is 28.3. The molecule has 2 saturated heterocycles. The van der Waals surface area contributed by atoms with Crippen molar-refractivity contribution in [3.05, 3.63) is 46.2 Å². The zero-order valence-corrected chi connectivity index (χ0v) is 23.3. The van der Waals surface area contributed by atoms with Gasteiger partial charge in [0.25, 0.3) is 0 Å². The van der Waals surface area contributed by atoms with Crippen molar-refractivity contribution in [2.75, 3.05) is 44.6 Å². The highest BCUT2D eigenvalue weighted by atomic mass is 32.1. The summed E-state index contributed by atoms with van der Waals surface area (Å²) in [7, 11) is 0. The summed E-state index contributed by atoms with van der Waals surface area (Å²) in [5, 5.41) is 6.37. The fourth-order valence-corrected chi connectivity index (χ4v) is 6.65. The van der Waals surface area contributed by atoms with Crippen LogP contribution in [0.5, 0.6) is 0 Å². The third kappa shape index (κ3) is 7.91. The lowest BCUT2D eigenvalue weighted by molar-refractivity contribution is -0.118. The van der Waals surface area contributed by atoms with Crippen LogP contribution in [0.2, 0.25) is 0 Å². The molecule has 2 N–H and O–H groups in total. The number of urea groups is 1.